The van der Waals surface area contributed by atoms with E-state index in [1.165, 1.54) is 65.4 Å². The number of hydrogen-bond donors (Lipinski definition) is 0. The van der Waals surface area contributed by atoms with Crippen molar-refractivity contribution in [3.05, 3.63) is 170 Å². The van der Waals surface area contributed by atoms with E-state index in [1.54, 1.807) is 0 Å². The van der Waals surface area contributed by atoms with Crippen LogP contribution >= 0.6 is 0 Å². The van der Waals surface area contributed by atoms with Gasteiger partial charge in [-0.1, -0.05) is 103 Å². The molecular weight excluding hydrogens is 583 g/mol. The first-order valence-corrected chi connectivity index (χ1v) is 16.5. The van der Waals surface area contributed by atoms with E-state index in [2.05, 4.69) is 185 Å². The van der Waals surface area contributed by atoms with E-state index in [1.807, 2.05) is 0 Å². The molecule has 0 bridgehead atoms. The molecule has 0 aliphatic rings. The van der Waals surface area contributed by atoms with Crippen molar-refractivity contribution in [3.63, 3.8) is 0 Å². The highest BCUT2D eigenvalue weighted by Crippen LogP contribution is 2.39. The summed E-state index contributed by atoms with van der Waals surface area (Å²) in [6.07, 6.45) is 0. The highest BCUT2D eigenvalue weighted by Gasteiger charge is 2.18. The Morgan fingerprint density at radius 2 is 0.688 bits per heavy atom. The standard InChI is InChI=1S/C45H31N3/c1-29(2)30-25-32(47-42-20-10-5-15-36(42)37-16-6-11-21-43(37)47)27-33(26-30)48-44-22-12-7-17-38(44)39-28-31(23-24-45(39)48)46-40-18-8-3-13-34(40)35-14-4-9-19-41(35)46/h3-28H,1H2,2H3. The smallest absolute Gasteiger partial charge is 0.0542 e. The summed E-state index contributed by atoms with van der Waals surface area (Å²) in [4.78, 5) is 0. The molecule has 0 aliphatic carbocycles. The third-order valence-corrected chi connectivity index (χ3v) is 9.99. The van der Waals surface area contributed by atoms with E-state index >= 15 is 0 Å². The van der Waals surface area contributed by atoms with Crippen LogP contribution in [0.5, 0.6) is 0 Å². The molecule has 3 heteroatoms. The Balaban J connectivity index is 1.26. The SMILES string of the molecule is C=C(C)c1cc(-n2c3ccccc3c3ccccc32)cc(-n2c3ccccc3c3cc(-n4c5ccccc5c5ccccc54)ccc32)c1. The van der Waals surface area contributed by atoms with Gasteiger partial charge in [-0.3, -0.25) is 0 Å². The third-order valence-electron chi connectivity index (χ3n) is 9.99. The van der Waals surface area contributed by atoms with Crippen molar-refractivity contribution < 1.29 is 0 Å². The van der Waals surface area contributed by atoms with Crippen molar-refractivity contribution in [2.45, 2.75) is 6.92 Å². The van der Waals surface area contributed by atoms with Gasteiger partial charge in [0.15, 0.2) is 0 Å². The molecule has 10 aromatic rings. The minimum atomic E-state index is 1.04. The van der Waals surface area contributed by atoms with Crippen LogP contribution in [0.15, 0.2) is 164 Å². The molecular formula is C45H31N3. The average Bonchev–Trinajstić information content (AvgIpc) is 3.77. The molecule has 0 saturated heterocycles. The van der Waals surface area contributed by atoms with Crippen molar-refractivity contribution in [1.82, 2.24) is 13.7 Å². The number of aromatic nitrogens is 3. The maximum atomic E-state index is 4.39. The van der Waals surface area contributed by atoms with Crippen molar-refractivity contribution in [2.24, 2.45) is 0 Å². The molecule has 0 N–H and O–H groups in total. The molecule has 0 saturated carbocycles. The number of rotatable bonds is 4. The van der Waals surface area contributed by atoms with Gasteiger partial charge in [0, 0.05) is 49.4 Å². The quantitative estimate of drug-likeness (QED) is 0.188. The van der Waals surface area contributed by atoms with Crippen LogP contribution in [-0.4, -0.2) is 13.7 Å². The number of fused-ring (bicyclic) bond motifs is 9. The fourth-order valence-electron chi connectivity index (χ4n) is 7.88. The summed E-state index contributed by atoms with van der Waals surface area (Å²) in [7, 11) is 0. The molecule has 0 radical (unpaired) electrons. The fourth-order valence-corrected chi connectivity index (χ4v) is 7.88. The molecule has 10 rings (SSSR count). The topological polar surface area (TPSA) is 14.8 Å². The minimum Gasteiger partial charge on any atom is -0.309 e. The average molecular weight is 614 g/mol. The van der Waals surface area contributed by atoms with Crippen molar-refractivity contribution in [2.75, 3.05) is 0 Å². The molecule has 3 aromatic heterocycles. The van der Waals surface area contributed by atoms with E-state index in [0.29, 0.717) is 0 Å². The molecule has 3 heterocycles. The Morgan fingerprint density at radius 1 is 0.354 bits per heavy atom. The maximum Gasteiger partial charge on any atom is 0.0542 e. The molecule has 226 valence electrons. The van der Waals surface area contributed by atoms with E-state index in [0.717, 1.165) is 28.2 Å². The van der Waals surface area contributed by atoms with Crippen molar-refractivity contribution in [1.29, 1.82) is 0 Å². The van der Waals surface area contributed by atoms with E-state index in [9.17, 15) is 0 Å². The van der Waals surface area contributed by atoms with Gasteiger partial charge in [0.05, 0.1) is 33.1 Å². The summed E-state index contributed by atoms with van der Waals surface area (Å²) in [5.41, 5.74) is 12.7. The van der Waals surface area contributed by atoms with Gasteiger partial charge in [-0.25, -0.2) is 0 Å². The van der Waals surface area contributed by atoms with Crippen LogP contribution in [-0.2, 0) is 0 Å². The normalized spacial score (nSPS) is 11.9. The monoisotopic (exact) mass is 613 g/mol. The van der Waals surface area contributed by atoms with Gasteiger partial charge < -0.3 is 13.7 Å². The predicted octanol–water partition coefficient (Wildman–Crippen LogP) is 12.0. The van der Waals surface area contributed by atoms with Gasteiger partial charge in [-0.2, -0.15) is 0 Å². The van der Waals surface area contributed by atoms with Gasteiger partial charge in [0.2, 0.25) is 0 Å². The number of nitrogens with zero attached hydrogens (tertiary/aromatic N) is 3. The largest absolute Gasteiger partial charge is 0.309 e. The van der Waals surface area contributed by atoms with E-state index < -0.39 is 0 Å². The van der Waals surface area contributed by atoms with Crippen LogP contribution in [0.4, 0.5) is 0 Å². The third kappa shape index (κ3) is 3.76. The second-order valence-electron chi connectivity index (χ2n) is 12.8. The summed E-state index contributed by atoms with van der Waals surface area (Å²) in [6, 6.07) is 57.4. The Hall–Kier alpha value is -6.32. The van der Waals surface area contributed by atoms with Crippen molar-refractivity contribution in [3.8, 4) is 17.1 Å². The molecule has 0 amide bonds. The summed E-state index contributed by atoms with van der Waals surface area (Å²) in [5, 5.41) is 7.50. The molecule has 0 fully saturated rings. The number of hydrogen-bond acceptors (Lipinski definition) is 0. The second-order valence-corrected chi connectivity index (χ2v) is 12.8. The summed E-state index contributed by atoms with van der Waals surface area (Å²) < 4.78 is 7.22. The van der Waals surface area contributed by atoms with Crippen LogP contribution in [0, 0.1) is 0 Å². The summed E-state index contributed by atoms with van der Waals surface area (Å²) in [5.74, 6) is 0. The highest BCUT2D eigenvalue weighted by atomic mass is 15.0. The van der Waals surface area contributed by atoms with Gasteiger partial charge in [0.1, 0.15) is 0 Å². The van der Waals surface area contributed by atoms with Crippen LogP contribution in [0.1, 0.15) is 12.5 Å². The Morgan fingerprint density at radius 3 is 1.08 bits per heavy atom. The number of benzene rings is 7. The lowest BCUT2D eigenvalue weighted by molar-refractivity contribution is 1.13. The first-order chi connectivity index (χ1) is 23.7. The Labute approximate surface area is 277 Å². The maximum absolute atomic E-state index is 4.39. The van der Waals surface area contributed by atoms with Gasteiger partial charge in [0.25, 0.3) is 0 Å². The lowest BCUT2D eigenvalue weighted by Gasteiger charge is -2.16. The molecule has 0 atom stereocenters. The Kier molecular flexibility index (Phi) is 5.64. The Bertz CT molecular complexity index is 2820. The molecule has 48 heavy (non-hydrogen) atoms. The fraction of sp³-hybridized carbons (Fsp3) is 0.0222. The van der Waals surface area contributed by atoms with Crippen LogP contribution < -0.4 is 0 Å². The lowest BCUT2D eigenvalue weighted by Crippen LogP contribution is -2.01. The zero-order valence-corrected chi connectivity index (χ0v) is 26.6. The molecule has 0 aliphatic heterocycles. The molecule has 3 nitrogen and oxygen atoms in total. The van der Waals surface area contributed by atoms with Gasteiger partial charge in [-0.15, -0.1) is 0 Å². The lowest BCUT2D eigenvalue weighted by atomic mass is 10.1. The van der Waals surface area contributed by atoms with Crippen molar-refractivity contribution >= 4 is 71.0 Å². The van der Waals surface area contributed by atoms with E-state index in [-0.39, 0.29) is 0 Å². The minimum absolute atomic E-state index is 1.04. The van der Waals surface area contributed by atoms with Crippen LogP contribution in [0.3, 0.4) is 0 Å². The second kappa shape index (κ2) is 10.1. The molecule has 0 unspecified atom stereocenters. The highest BCUT2D eigenvalue weighted by molar-refractivity contribution is 6.13. The van der Waals surface area contributed by atoms with Crippen LogP contribution in [0.25, 0.3) is 88.1 Å². The van der Waals surface area contributed by atoms with Crippen LogP contribution in [0.2, 0.25) is 0 Å². The van der Waals surface area contributed by atoms with Gasteiger partial charge in [-0.05, 0) is 79.2 Å². The summed E-state index contributed by atoms with van der Waals surface area (Å²) >= 11 is 0. The predicted molar refractivity (Wildman–Crippen MR) is 204 cm³/mol. The first kappa shape index (κ1) is 26.9. The summed E-state index contributed by atoms with van der Waals surface area (Å²) in [6.45, 7) is 6.48. The zero-order valence-electron chi connectivity index (χ0n) is 26.6. The zero-order chi connectivity index (χ0) is 31.9. The molecule has 7 aromatic carbocycles. The first-order valence-electron chi connectivity index (χ1n) is 16.5. The number of allylic oxidation sites excluding steroid dienone is 1. The number of para-hydroxylation sites is 5. The van der Waals surface area contributed by atoms with E-state index in [4.69, 9.17) is 0 Å². The molecule has 0 spiro atoms. The van der Waals surface area contributed by atoms with Gasteiger partial charge >= 0.3 is 0 Å².